The van der Waals surface area contributed by atoms with Crippen molar-refractivity contribution in [3.63, 3.8) is 0 Å². The molecule has 2 heterocycles. The van der Waals surface area contributed by atoms with Crippen LogP contribution in [0.4, 0.5) is 0 Å². The summed E-state index contributed by atoms with van der Waals surface area (Å²) in [6.07, 6.45) is 2.33. The number of aromatic nitrogens is 1. The van der Waals surface area contributed by atoms with Crippen LogP contribution in [0.15, 0.2) is 42.5 Å². The number of carbonyl (C=O) groups excluding carboxylic acids is 1. The lowest BCUT2D eigenvalue weighted by molar-refractivity contribution is 0.0629. The molecular formula is C27H31N3O4. The first-order valence-corrected chi connectivity index (χ1v) is 11.8. The molecule has 0 radical (unpaired) electrons. The van der Waals surface area contributed by atoms with Gasteiger partial charge in [0.25, 0.3) is 5.91 Å². The van der Waals surface area contributed by atoms with E-state index in [2.05, 4.69) is 4.90 Å². The van der Waals surface area contributed by atoms with Gasteiger partial charge < -0.3 is 19.1 Å². The number of benzene rings is 2. The molecule has 178 valence electrons. The number of para-hydroxylation sites is 1. The smallest absolute Gasteiger partial charge is 0.254 e. The van der Waals surface area contributed by atoms with Gasteiger partial charge in [0, 0.05) is 55.3 Å². The minimum Gasteiger partial charge on any atom is -0.493 e. The van der Waals surface area contributed by atoms with Crippen LogP contribution in [0.25, 0.3) is 10.9 Å². The molecule has 1 amide bonds. The summed E-state index contributed by atoms with van der Waals surface area (Å²) in [4.78, 5) is 22.7. The molecule has 0 N–H and O–H groups in total. The van der Waals surface area contributed by atoms with Crippen LogP contribution in [0.2, 0.25) is 0 Å². The van der Waals surface area contributed by atoms with Crippen LogP contribution < -0.4 is 14.2 Å². The van der Waals surface area contributed by atoms with Gasteiger partial charge in [0.1, 0.15) is 0 Å². The third-order valence-corrected chi connectivity index (χ3v) is 6.80. The quantitative estimate of drug-likeness (QED) is 0.528. The molecule has 7 heteroatoms. The Morgan fingerprint density at radius 2 is 1.68 bits per heavy atom. The molecule has 3 aromatic rings. The predicted octanol–water partition coefficient (Wildman–Crippen LogP) is 4.10. The van der Waals surface area contributed by atoms with Gasteiger partial charge in [-0.1, -0.05) is 24.3 Å². The summed E-state index contributed by atoms with van der Waals surface area (Å²) >= 11 is 0. The highest BCUT2D eigenvalue weighted by Gasteiger charge is 2.29. The van der Waals surface area contributed by atoms with Crippen LogP contribution in [0.1, 0.15) is 40.4 Å². The number of piperazine rings is 1. The Morgan fingerprint density at radius 1 is 0.941 bits per heavy atom. The maximum Gasteiger partial charge on any atom is 0.254 e. The zero-order chi connectivity index (χ0) is 23.7. The Hall–Kier alpha value is -3.32. The lowest BCUT2D eigenvalue weighted by Gasteiger charge is -2.35. The second kappa shape index (κ2) is 9.50. The van der Waals surface area contributed by atoms with Gasteiger partial charge in [0.05, 0.1) is 32.4 Å². The summed E-state index contributed by atoms with van der Waals surface area (Å²) in [5, 5.41) is 0.939. The van der Waals surface area contributed by atoms with Gasteiger partial charge in [-0.15, -0.1) is 0 Å². The van der Waals surface area contributed by atoms with Crippen molar-refractivity contribution >= 4 is 16.8 Å². The predicted molar refractivity (Wildman–Crippen MR) is 131 cm³/mol. The van der Waals surface area contributed by atoms with E-state index < -0.39 is 0 Å². The van der Waals surface area contributed by atoms with Gasteiger partial charge in [0.2, 0.25) is 5.75 Å². The van der Waals surface area contributed by atoms with E-state index in [0.717, 1.165) is 60.2 Å². The van der Waals surface area contributed by atoms with Crippen LogP contribution in [-0.2, 0) is 6.54 Å². The van der Waals surface area contributed by atoms with E-state index in [1.165, 1.54) is 0 Å². The van der Waals surface area contributed by atoms with Gasteiger partial charge in [-0.2, -0.15) is 0 Å². The summed E-state index contributed by atoms with van der Waals surface area (Å²) in [7, 11) is 4.88. The van der Waals surface area contributed by atoms with E-state index in [4.69, 9.17) is 19.2 Å². The maximum absolute atomic E-state index is 13.6. The van der Waals surface area contributed by atoms with Gasteiger partial charge in [0.15, 0.2) is 11.5 Å². The van der Waals surface area contributed by atoms with Crippen molar-refractivity contribution in [1.82, 2.24) is 14.8 Å². The van der Waals surface area contributed by atoms with Crippen LogP contribution in [0, 0.1) is 0 Å². The number of hydrogen-bond acceptors (Lipinski definition) is 6. The van der Waals surface area contributed by atoms with Crippen molar-refractivity contribution in [3.8, 4) is 17.2 Å². The number of fused-ring (bicyclic) bond motifs is 1. The zero-order valence-electron chi connectivity index (χ0n) is 20.0. The largest absolute Gasteiger partial charge is 0.493 e. The SMILES string of the molecule is COc1ccc(CN2CCN(C(=O)c3cc(C4CC4)nc4ccccc34)CC2)c(OC)c1OC. The minimum absolute atomic E-state index is 0.101. The van der Waals surface area contributed by atoms with E-state index in [0.29, 0.717) is 36.3 Å². The number of amides is 1. The van der Waals surface area contributed by atoms with Gasteiger partial charge in [-0.05, 0) is 31.0 Å². The Balaban J connectivity index is 1.31. The fraction of sp³-hybridized carbons (Fsp3) is 0.407. The van der Waals surface area contributed by atoms with Crippen molar-refractivity contribution < 1.29 is 19.0 Å². The van der Waals surface area contributed by atoms with Gasteiger partial charge in [-0.3, -0.25) is 14.7 Å². The fourth-order valence-corrected chi connectivity index (χ4v) is 4.77. The molecule has 7 nitrogen and oxygen atoms in total. The summed E-state index contributed by atoms with van der Waals surface area (Å²) in [6, 6.07) is 13.9. The highest BCUT2D eigenvalue weighted by Crippen LogP contribution is 2.41. The minimum atomic E-state index is 0.101. The number of hydrogen-bond donors (Lipinski definition) is 0. The molecule has 0 spiro atoms. The molecule has 1 aliphatic carbocycles. The monoisotopic (exact) mass is 461 g/mol. The van der Waals surface area contributed by atoms with E-state index in [1.54, 1.807) is 21.3 Å². The average Bonchev–Trinajstić information content (AvgIpc) is 3.73. The second-order valence-electron chi connectivity index (χ2n) is 8.95. The van der Waals surface area contributed by atoms with Crippen LogP contribution in [-0.4, -0.2) is 68.2 Å². The van der Waals surface area contributed by atoms with Crippen LogP contribution >= 0.6 is 0 Å². The van der Waals surface area contributed by atoms with E-state index >= 15 is 0 Å². The molecule has 2 aromatic carbocycles. The molecular weight excluding hydrogens is 430 g/mol. The highest BCUT2D eigenvalue weighted by molar-refractivity contribution is 6.06. The first-order valence-electron chi connectivity index (χ1n) is 11.8. The molecule has 1 saturated carbocycles. The van der Waals surface area contributed by atoms with Crippen molar-refractivity contribution in [2.24, 2.45) is 0 Å². The summed E-state index contributed by atoms with van der Waals surface area (Å²) in [5.74, 6) is 2.55. The maximum atomic E-state index is 13.6. The van der Waals surface area contributed by atoms with Crippen LogP contribution in [0.3, 0.4) is 0 Å². The number of nitrogens with zero attached hydrogens (tertiary/aromatic N) is 3. The first-order chi connectivity index (χ1) is 16.6. The van der Waals surface area contributed by atoms with Crippen molar-refractivity contribution in [2.75, 3.05) is 47.5 Å². The van der Waals surface area contributed by atoms with Gasteiger partial charge >= 0.3 is 0 Å². The van der Waals surface area contributed by atoms with E-state index in [9.17, 15) is 4.79 Å². The Kier molecular flexibility index (Phi) is 6.28. The third-order valence-electron chi connectivity index (χ3n) is 6.80. The van der Waals surface area contributed by atoms with Crippen LogP contribution in [0.5, 0.6) is 17.2 Å². The first kappa shape index (κ1) is 22.5. The molecule has 5 rings (SSSR count). The second-order valence-corrected chi connectivity index (χ2v) is 8.95. The number of pyridine rings is 1. The Bertz CT molecular complexity index is 1200. The lowest BCUT2D eigenvalue weighted by Crippen LogP contribution is -2.48. The lowest BCUT2D eigenvalue weighted by atomic mass is 10.0. The molecule has 2 fully saturated rings. The normalized spacial score (nSPS) is 16.5. The fourth-order valence-electron chi connectivity index (χ4n) is 4.77. The zero-order valence-corrected chi connectivity index (χ0v) is 20.0. The summed E-state index contributed by atoms with van der Waals surface area (Å²) in [6.45, 7) is 3.67. The standard InChI is InChI=1S/C27H31N3O4/c1-32-24-11-10-19(25(33-2)26(24)34-3)17-29-12-14-30(15-13-29)27(31)21-16-23(18-8-9-18)28-22-7-5-4-6-20(21)22/h4-7,10-11,16,18H,8-9,12-15,17H2,1-3H3. The Labute approximate surface area is 200 Å². The van der Waals surface area contributed by atoms with Crippen molar-refractivity contribution in [3.05, 3.63) is 59.3 Å². The summed E-state index contributed by atoms with van der Waals surface area (Å²) < 4.78 is 16.6. The number of carbonyl (C=O) groups is 1. The number of ether oxygens (including phenoxy) is 3. The Morgan fingerprint density at radius 3 is 2.35 bits per heavy atom. The highest BCUT2D eigenvalue weighted by atomic mass is 16.5. The molecule has 0 bridgehead atoms. The van der Waals surface area contributed by atoms with E-state index in [1.807, 2.05) is 47.4 Å². The topological polar surface area (TPSA) is 64.1 Å². The average molecular weight is 462 g/mol. The molecule has 1 saturated heterocycles. The molecule has 0 atom stereocenters. The van der Waals surface area contributed by atoms with E-state index in [-0.39, 0.29) is 5.91 Å². The molecule has 2 aliphatic rings. The molecule has 0 unspecified atom stereocenters. The third kappa shape index (κ3) is 4.28. The summed E-state index contributed by atoms with van der Waals surface area (Å²) in [5.41, 5.74) is 3.78. The van der Waals surface area contributed by atoms with Crippen molar-refractivity contribution in [2.45, 2.75) is 25.3 Å². The molecule has 34 heavy (non-hydrogen) atoms. The van der Waals surface area contributed by atoms with Gasteiger partial charge in [-0.25, -0.2) is 0 Å². The van der Waals surface area contributed by atoms with Crippen molar-refractivity contribution in [1.29, 1.82) is 0 Å². The number of rotatable bonds is 7. The molecule has 1 aromatic heterocycles. The number of methoxy groups -OCH3 is 3. The molecule has 1 aliphatic heterocycles.